The van der Waals surface area contributed by atoms with Gasteiger partial charge >= 0.3 is 0 Å². The summed E-state index contributed by atoms with van der Waals surface area (Å²) in [5, 5.41) is 5.32. The lowest BCUT2D eigenvalue weighted by atomic mass is 10.1. The fraction of sp³-hybridized carbons (Fsp3) is 0.333. The molecule has 1 atom stereocenters. The summed E-state index contributed by atoms with van der Waals surface area (Å²) >= 11 is 0. The van der Waals surface area contributed by atoms with Crippen molar-refractivity contribution in [1.82, 2.24) is 10.6 Å². The van der Waals surface area contributed by atoms with Crippen LogP contribution in [0.5, 0.6) is 5.75 Å². The predicted molar refractivity (Wildman–Crippen MR) is 102 cm³/mol. The molecule has 0 saturated carbocycles. The van der Waals surface area contributed by atoms with Gasteiger partial charge in [-0.2, -0.15) is 0 Å². The number of hydrogen-bond acceptors (Lipinski definition) is 3. The molecule has 0 aromatic heterocycles. The van der Waals surface area contributed by atoms with Crippen LogP contribution in [0.3, 0.4) is 0 Å². The Labute approximate surface area is 163 Å². The molecule has 0 fully saturated rings. The van der Waals surface area contributed by atoms with E-state index in [-0.39, 0.29) is 30.5 Å². The SMILES string of the molecule is COc1ccc(CCC(C)NC(=O)CCNC(=O)c2ccc(F)cc2F)cc1. The monoisotopic (exact) mass is 390 g/mol. The number of nitrogens with one attached hydrogen (secondary N) is 2. The lowest BCUT2D eigenvalue weighted by Gasteiger charge is -2.14. The summed E-state index contributed by atoms with van der Waals surface area (Å²) in [7, 11) is 1.62. The van der Waals surface area contributed by atoms with Gasteiger partial charge in [-0.15, -0.1) is 0 Å². The van der Waals surface area contributed by atoms with Crippen molar-refractivity contribution >= 4 is 11.8 Å². The molecule has 7 heteroatoms. The van der Waals surface area contributed by atoms with Gasteiger partial charge in [-0.1, -0.05) is 12.1 Å². The van der Waals surface area contributed by atoms with Crippen molar-refractivity contribution < 1.29 is 23.1 Å². The quantitative estimate of drug-likeness (QED) is 0.691. The van der Waals surface area contributed by atoms with Crippen molar-refractivity contribution in [2.24, 2.45) is 0 Å². The molecule has 28 heavy (non-hydrogen) atoms. The van der Waals surface area contributed by atoms with Gasteiger partial charge in [-0.25, -0.2) is 8.78 Å². The Morgan fingerprint density at radius 1 is 1.11 bits per heavy atom. The zero-order valence-electron chi connectivity index (χ0n) is 15.9. The number of methoxy groups -OCH3 is 1. The largest absolute Gasteiger partial charge is 0.497 e. The van der Waals surface area contributed by atoms with E-state index in [4.69, 9.17) is 4.74 Å². The van der Waals surface area contributed by atoms with Gasteiger partial charge in [-0.3, -0.25) is 9.59 Å². The Bertz CT molecular complexity index is 810. The molecule has 150 valence electrons. The van der Waals surface area contributed by atoms with E-state index in [0.717, 1.165) is 36.3 Å². The molecule has 2 N–H and O–H groups in total. The first-order valence-corrected chi connectivity index (χ1v) is 9.04. The van der Waals surface area contributed by atoms with E-state index in [1.165, 1.54) is 0 Å². The van der Waals surface area contributed by atoms with Gasteiger partial charge in [0, 0.05) is 25.1 Å². The summed E-state index contributed by atoms with van der Waals surface area (Å²) < 4.78 is 31.5. The zero-order chi connectivity index (χ0) is 20.5. The normalized spacial score (nSPS) is 11.6. The number of rotatable bonds is 9. The summed E-state index contributed by atoms with van der Waals surface area (Å²) in [6, 6.07) is 10.5. The Kier molecular flexibility index (Phi) is 7.92. The molecule has 0 bridgehead atoms. The Balaban J connectivity index is 1.68. The first-order chi connectivity index (χ1) is 13.4. The van der Waals surface area contributed by atoms with E-state index in [2.05, 4.69) is 10.6 Å². The van der Waals surface area contributed by atoms with E-state index in [9.17, 15) is 18.4 Å². The van der Waals surface area contributed by atoms with E-state index < -0.39 is 17.5 Å². The highest BCUT2D eigenvalue weighted by Crippen LogP contribution is 2.13. The van der Waals surface area contributed by atoms with Gasteiger partial charge in [-0.05, 0) is 49.6 Å². The number of halogens is 2. The molecule has 0 spiro atoms. The molecule has 2 aromatic rings. The number of benzene rings is 2. The molecule has 0 radical (unpaired) electrons. The zero-order valence-corrected chi connectivity index (χ0v) is 15.9. The molecular weight excluding hydrogens is 366 g/mol. The Morgan fingerprint density at radius 3 is 2.46 bits per heavy atom. The third-order valence-corrected chi connectivity index (χ3v) is 4.25. The smallest absolute Gasteiger partial charge is 0.254 e. The Morgan fingerprint density at radius 2 is 1.82 bits per heavy atom. The van der Waals surface area contributed by atoms with Crippen LogP contribution in [0.1, 0.15) is 35.7 Å². The van der Waals surface area contributed by atoms with Crippen molar-refractivity contribution in [2.45, 2.75) is 32.2 Å². The van der Waals surface area contributed by atoms with Crippen LogP contribution in [0.25, 0.3) is 0 Å². The maximum absolute atomic E-state index is 13.5. The Hall–Kier alpha value is -2.96. The summed E-state index contributed by atoms with van der Waals surface area (Å²) in [6.45, 7) is 1.97. The molecule has 0 heterocycles. The minimum atomic E-state index is -0.936. The summed E-state index contributed by atoms with van der Waals surface area (Å²) in [5.41, 5.74) is 0.894. The average Bonchev–Trinajstić information content (AvgIpc) is 2.66. The second kappa shape index (κ2) is 10.4. The fourth-order valence-corrected chi connectivity index (χ4v) is 2.65. The standard InChI is InChI=1S/C21H24F2N2O3/c1-14(3-4-15-5-8-17(28-2)9-6-15)25-20(26)11-12-24-21(27)18-10-7-16(22)13-19(18)23/h5-10,13-14H,3-4,11-12H2,1-2H3,(H,24,27)(H,25,26). The second-order valence-electron chi connectivity index (χ2n) is 6.49. The van der Waals surface area contributed by atoms with E-state index in [1.807, 2.05) is 31.2 Å². The average molecular weight is 390 g/mol. The van der Waals surface area contributed by atoms with Gasteiger partial charge in [0.2, 0.25) is 5.91 Å². The molecule has 0 aliphatic carbocycles. The van der Waals surface area contributed by atoms with Crippen LogP contribution in [0.2, 0.25) is 0 Å². The summed E-state index contributed by atoms with van der Waals surface area (Å²) in [4.78, 5) is 23.8. The highest BCUT2D eigenvalue weighted by molar-refractivity contribution is 5.94. The van der Waals surface area contributed by atoms with E-state index in [1.54, 1.807) is 7.11 Å². The van der Waals surface area contributed by atoms with Gasteiger partial charge in [0.05, 0.1) is 12.7 Å². The maximum atomic E-state index is 13.5. The van der Waals surface area contributed by atoms with Crippen LogP contribution < -0.4 is 15.4 Å². The van der Waals surface area contributed by atoms with Crippen molar-refractivity contribution in [2.75, 3.05) is 13.7 Å². The molecule has 0 aliphatic heterocycles. The number of amides is 2. The molecule has 2 amide bonds. The number of carbonyl (C=O) groups excluding carboxylic acids is 2. The summed E-state index contributed by atoms with van der Waals surface area (Å²) in [5.74, 6) is -1.78. The van der Waals surface area contributed by atoms with Crippen LogP contribution in [-0.2, 0) is 11.2 Å². The molecule has 0 saturated heterocycles. The molecule has 1 unspecified atom stereocenters. The molecule has 2 rings (SSSR count). The van der Waals surface area contributed by atoms with Crippen molar-refractivity contribution in [3.63, 3.8) is 0 Å². The minimum absolute atomic E-state index is 0.0279. The number of ether oxygens (including phenoxy) is 1. The number of carbonyl (C=O) groups is 2. The molecule has 2 aromatic carbocycles. The van der Waals surface area contributed by atoms with Crippen molar-refractivity contribution in [3.05, 3.63) is 65.2 Å². The van der Waals surface area contributed by atoms with Crippen LogP contribution in [0, 0.1) is 11.6 Å². The van der Waals surface area contributed by atoms with Gasteiger partial charge in [0.15, 0.2) is 0 Å². The topological polar surface area (TPSA) is 67.4 Å². The summed E-state index contributed by atoms with van der Waals surface area (Å²) in [6.07, 6.45) is 1.65. The third kappa shape index (κ3) is 6.64. The molecule has 5 nitrogen and oxygen atoms in total. The van der Waals surface area contributed by atoms with Crippen molar-refractivity contribution in [3.8, 4) is 5.75 Å². The van der Waals surface area contributed by atoms with Gasteiger partial charge in [0.1, 0.15) is 17.4 Å². The predicted octanol–water partition coefficient (Wildman–Crippen LogP) is 3.23. The maximum Gasteiger partial charge on any atom is 0.254 e. The van der Waals surface area contributed by atoms with Crippen molar-refractivity contribution in [1.29, 1.82) is 0 Å². The number of aryl methyl sites for hydroxylation is 1. The van der Waals surface area contributed by atoms with Crippen LogP contribution in [0.4, 0.5) is 8.78 Å². The van der Waals surface area contributed by atoms with Gasteiger partial charge in [0.25, 0.3) is 5.91 Å². The highest BCUT2D eigenvalue weighted by Gasteiger charge is 2.13. The highest BCUT2D eigenvalue weighted by atomic mass is 19.1. The number of hydrogen-bond donors (Lipinski definition) is 2. The third-order valence-electron chi connectivity index (χ3n) is 4.25. The van der Waals surface area contributed by atoms with E-state index >= 15 is 0 Å². The lowest BCUT2D eigenvalue weighted by Crippen LogP contribution is -2.36. The molecule has 0 aliphatic rings. The first kappa shape index (κ1) is 21.3. The van der Waals surface area contributed by atoms with Crippen LogP contribution in [0.15, 0.2) is 42.5 Å². The lowest BCUT2D eigenvalue weighted by molar-refractivity contribution is -0.121. The van der Waals surface area contributed by atoms with Crippen LogP contribution >= 0.6 is 0 Å². The van der Waals surface area contributed by atoms with E-state index in [0.29, 0.717) is 6.07 Å². The van der Waals surface area contributed by atoms with Gasteiger partial charge < -0.3 is 15.4 Å². The molecular formula is C21H24F2N2O3. The first-order valence-electron chi connectivity index (χ1n) is 9.04. The second-order valence-corrected chi connectivity index (χ2v) is 6.49. The van der Waals surface area contributed by atoms with Crippen LogP contribution in [-0.4, -0.2) is 31.5 Å². The fourth-order valence-electron chi connectivity index (χ4n) is 2.65. The minimum Gasteiger partial charge on any atom is -0.497 e.